The molecule has 0 fully saturated rings. The van der Waals surface area contributed by atoms with Gasteiger partial charge in [-0.25, -0.2) is 4.98 Å². The molecule has 1 aromatic heterocycles. The van der Waals surface area contributed by atoms with E-state index < -0.39 is 0 Å². The maximum atomic E-state index is 12.1. The van der Waals surface area contributed by atoms with E-state index in [1.165, 1.54) is 11.3 Å². The second-order valence-electron chi connectivity index (χ2n) is 5.11. The first kappa shape index (κ1) is 15.3. The van der Waals surface area contributed by atoms with Crippen molar-refractivity contribution in [2.45, 2.75) is 20.3 Å². The van der Waals surface area contributed by atoms with Crippen molar-refractivity contribution in [3.8, 4) is 5.75 Å². The zero-order valence-corrected chi connectivity index (χ0v) is 13.2. The first-order chi connectivity index (χ1) is 9.99. The van der Waals surface area contributed by atoms with Crippen LogP contribution in [0.3, 0.4) is 0 Å². The van der Waals surface area contributed by atoms with Gasteiger partial charge in [0.25, 0.3) is 0 Å². The highest BCUT2D eigenvalue weighted by Gasteiger charge is 2.17. The number of ketones is 1. The lowest BCUT2D eigenvalue weighted by atomic mass is 10.1. The zero-order valence-electron chi connectivity index (χ0n) is 12.3. The van der Waals surface area contributed by atoms with Crippen LogP contribution in [-0.2, 0) is 0 Å². The fourth-order valence-corrected chi connectivity index (χ4v) is 2.73. The number of thiazole rings is 1. The fraction of sp³-hybridized carbons (Fsp3) is 0.333. The van der Waals surface area contributed by atoms with Gasteiger partial charge in [-0.2, -0.15) is 0 Å². The van der Waals surface area contributed by atoms with Crippen LogP contribution in [0.4, 0.5) is 16.6 Å². The predicted octanol–water partition coefficient (Wildman–Crippen LogP) is 3.71. The van der Waals surface area contributed by atoms with Crippen LogP contribution >= 0.6 is 11.3 Å². The Hall–Kier alpha value is -2.08. The lowest BCUT2D eigenvalue weighted by molar-refractivity contribution is 0.0972. The molecule has 2 aromatic rings. The lowest BCUT2D eigenvalue weighted by Gasteiger charge is -2.04. The van der Waals surface area contributed by atoms with Gasteiger partial charge in [0.2, 0.25) is 0 Å². The molecule has 0 bridgehead atoms. The third kappa shape index (κ3) is 3.95. The molecule has 0 unspecified atom stereocenters. The normalized spacial score (nSPS) is 10.7. The van der Waals surface area contributed by atoms with Gasteiger partial charge in [-0.05, 0) is 18.1 Å². The highest BCUT2D eigenvalue weighted by Crippen LogP contribution is 2.30. The van der Waals surface area contributed by atoms with Crippen molar-refractivity contribution in [2.24, 2.45) is 5.92 Å². The van der Waals surface area contributed by atoms with E-state index in [0.717, 1.165) is 11.4 Å². The minimum Gasteiger partial charge on any atom is -0.497 e. The van der Waals surface area contributed by atoms with Crippen molar-refractivity contribution >= 4 is 33.8 Å². The quantitative estimate of drug-likeness (QED) is 0.796. The molecule has 0 aliphatic heterocycles. The maximum absolute atomic E-state index is 12.1. The van der Waals surface area contributed by atoms with Gasteiger partial charge in [0, 0.05) is 18.2 Å². The first-order valence-corrected chi connectivity index (χ1v) is 7.51. The Morgan fingerprint density at radius 3 is 2.90 bits per heavy atom. The molecule has 2 rings (SSSR count). The van der Waals surface area contributed by atoms with Crippen molar-refractivity contribution in [3.63, 3.8) is 0 Å². The minimum atomic E-state index is 0.0405. The fourth-order valence-electron chi connectivity index (χ4n) is 1.87. The summed E-state index contributed by atoms with van der Waals surface area (Å²) in [7, 11) is 1.61. The number of carbonyl (C=O) groups excluding carboxylic acids is 1. The SMILES string of the molecule is COc1cccc(Nc2nc(N)c(C(=O)CC(C)C)s2)c1. The van der Waals surface area contributed by atoms with E-state index in [-0.39, 0.29) is 11.6 Å². The van der Waals surface area contributed by atoms with Gasteiger partial charge in [-0.1, -0.05) is 31.3 Å². The Morgan fingerprint density at radius 2 is 2.24 bits per heavy atom. The number of aromatic nitrogens is 1. The Kier molecular flexibility index (Phi) is 4.80. The molecule has 6 heteroatoms. The lowest BCUT2D eigenvalue weighted by Crippen LogP contribution is -2.04. The average Bonchev–Trinajstić information content (AvgIpc) is 2.79. The molecule has 0 spiro atoms. The average molecular weight is 305 g/mol. The van der Waals surface area contributed by atoms with Crippen molar-refractivity contribution < 1.29 is 9.53 Å². The predicted molar refractivity (Wildman–Crippen MR) is 86.6 cm³/mol. The van der Waals surface area contributed by atoms with Crippen LogP contribution in [-0.4, -0.2) is 17.9 Å². The van der Waals surface area contributed by atoms with Gasteiger partial charge in [0.05, 0.1) is 7.11 Å². The van der Waals surface area contributed by atoms with Crippen molar-refractivity contribution in [3.05, 3.63) is 29.1 Å². The molecular formula is C15H19N3O2S. The smallest absolute Gasteiger partial charge is 0.189 e. The molecule has 0 saturated carbocycles. The van der Waals surface area contributed by atoms with Gasteiger partial charge in [-0.3, -0.25) is 4.79 Å². The topological polar surface area (TPSA) is 77.2 Å². The van der Waals surface area contributed by atoms with E-state index in [1.807, 2.05) is 38.1 Å². The van der Waals surface area contributed by atoms with Crippen LogP contribution < -0.4 is 15.8 Å². The number of methoxy groups -OCH3 is 1. The van der Waals surface area contributed by atoms with Crippen molar-refractivity contribution in [1.29, 1.82) is 0 Å². The number of Topliss-reactive ketones (excluding diaryl/α,β-unsaturated/α-hetero) is 1. The highest BCUT2D eigenvalue weighted by atomic mass is 32.1. The van der Waals surface area contributed by atoms with Gasteiger partial charge in [0.1, 0.15) is 16.4 Å². The van der Waals surface area contributed by atoms with E-state index in [2.05, 4.69) is 10.3 Å². The van der Waals surface area contributed by atoms with E-state index in [0.29, 0.717) is 22.3 Å². The van der Waals surface area contributed by atoms with Crippen LogP contribution in [0.25, 0.3) is 0 Å². The molecule has 3 N–H and O–H groups in total. The Bertz CT molecular complexity index is 638. The summed E-state index contributed by atoms with van der Waals surface area (Å²) in [6.45, 7) is 4.01. The third-order valence-electron chi connectivity index (χ3n) is 2.82. The van der Waals surface area contributed by atoms with E-state index in [9.17, 15) is 4.79 Å². The third-order valence-corrected chi connectivity index (χ3v) is 3.85. The summed E-state index contributed by atoms with van der Waals surface area (Å²) in [5, 5.41) is 3.75. The molecule has 0 radical (unpaired) electrons. The summed E-state index contributed by atoms with van der Waals surface area (Å²) >= 11 is 1.28. The summed E-state index contributed by atoms with van der Waals surface area (Å²) in [4.78, 5) is 16.8. The summed E-state index contributed by atoms with van der Waals surface area (Å²) in [5.74, 6) is 1.38. The van der Waals surface area contributed by atoms with Gasteiger partial charge in [0.15, 0.2) is 10.9 Å². The standard InChI is InChI=1S/C15H19N3O2S/c1-9(2)7-12(19)13-14(16)18-15(21-13)17-10-5-4-6-11(8-10)20-3/h4-6,8-9H,7,16H2,1-3H3,(H,17,18). The summed E-state index contributed by atoms with van der Waals surface area (Å²) in [5.41, 5.74) is 6.68. The second kappa shape index (κ2) is 6.58. The number of hydrogen-bond donors (Lipinski definition) is 2. The number of nitrogens with one attached hydrogen (secondary N) is 1. The summed E-state index contributed by atoms with van der Waals surface area (Å²) in [6, 6.07) is 7.49. The van der Waals surface area contributed by atoms with Gasteiger partial charge >= 0.3 is 0 Å². The number of nitrogen functional groups attached to an aromatic ring is 1. The van der Waals surface area contributed by atoms with Crippen molar-refractivity contribution in [2.75, 3.05) is 18.2 Å². The first-order valence-electron chi connectivity index (χ1n) is 6.70. The van der Waals surface area contributed by atoms with Crippen LogP contribution in [0, 0.1) is 5.92 Å². The largest absolute Gasteiger partial charge is 0.497 e. The molecule has 0 saturated heterocycles. The van der Waals surface area contributed by atoms with Gasteiger partial charge in [-0.15, -0.1) is 0 Å². The number of nitrogens with two attached hydrogens (primary N) is 1. The minimum absolute atomic E-state index is 0.0405. The highest BCUT2D eigenvalue weighted by molar-refractivity contribution is 7.18. The van der Waals surface area contributed by atoms with Gasteiger partial charge < -0.3 is 15.8 Å². The van der Waals surface area contributed by atoms with Crippen molar-refractivity contribution in [1.82, 2.24) is 4.98 Å². The second-order valence-corrected chi connectivity index (χ2v) is 6.11. The van der Waals surface area contributed by atoms with Crippen LogP contribution in [0.1, 0.15) is 29.9 Å². The number of hydrogen-bond acceptors (Lipinski definition) is 6. The number of anilines is 3. The van der Waals surface area contributed by atoms with Crippen LogP contribution in [0.2, 0.25) is 0 Å². The van der Waals surface area contributed by atoms with E-state index in [4.69, 9.17) is 10.5 Å². The zero-order chi connectivity index (χ0) is 15.4. The molecule has 0 aliphatic carbocycles. The molecule has 21 heavy (non-hydrogen) atoms. The molecule has 0 atom stereocenters. The molecular weight excluding hydrogens is 286 g/mol. The Labute approximate surface area is 128 Å². The molecule has 1 aromatic carbocycles. The van der Waals surface area contributed by atoms with E-state index in [1.54, 1.807) is 7.11 Å². The van der Waals surface area contributed by atoms with E-state index >= 15 is 0 Å². The van der Waals surface area contributed by atoms with Crippen LogP contribution in [0.5, 0.6) is 5.75 Å². The molecule has 0 amide bonds. The van der Waals surface area contributed by atoms with Crippen LogP contribution in [0.15, 0.2) is 24.3 Å². The summed E-state index contributed by atoms with van der Waals surface area (Å²) in [6.07, 6.45) is 0.477. The number of carbonyl (C=O) groups is 1. The number of rotatable bonds is 6. The number of ether oxygens (including phenoxy) is 1. The molecule has 1 heterocycles. The molecule has 112 valence electrons. The maximum Gasteiger partial charge on any atom is 0.189 e. The number of nitrogens with zero attached hydrogens (tertiary/aromatic N) is 1. The monoisotopic (exact) mass is 305 g/mol. The Morgan fingerprint density at radius 1 is 1.48 bits per heavy atom. The molecule has 5 nitrogen and oxygen atoms in total. The Balaban J connectivity index is 2.16. The number of benzene rings is 1. The summed E-state index contributed by atoms with van der Waals surface area (Å²) < 4.78 is 5.17. The molecule has 0 aliphatic rings.